The Bertz CT molecular complexity index is 616. The van der Waals surface area contributed by atoms with Gasteiger partial charge in [0.15, 0.2) is 6.61 Å². The van der Waals surface area contributed by atoms with E-state index in [1.165, 1.54) is 32.1 Å². The van der Waals surface area contributed by atoms with Crippen LogP contribution >= 0.6 is 0 Å². The van der Waals surface area contributed by atoms with E-state index in [1.807, 2.05) is 45.0 Å². The summed E-state index contributed by atoms with van der Waals surface area (Å²) in [6, 6.07) is 7.76. The Kier molecular flexibility index (Phi) is 7.18. The number of carbonyl (C=O) groups is 1. The minimum absolute atomic E-state index is 0.0646. The molecule has 4 nitrogen and oxygen atoms in total. The molecule has 0 saturated heterocycles. The number of alkyl carbamates (subject to hydrolysis) is 1. The highest BCUT2D eigenvalue weighted by molar-refractivity contribution is 5.68. The fraction of sp³-hybridized carbons (Fsp3) is 0.571. The summed E-state index contributed by atoms with van der Waals surface area (Å²) in [4.78, 5) is 11.5. The van der Waals surface area contributed by atoms with Gasteiger partial charge in [0.05, 0.1) is 6.61 Å². The predicted octanol–water partition coefficient (Wildman–Crippen LogP) is 4.52. The predicted molar refractivity (Wildman–Crippen MR) is 99.6 cm³/mol. The van der Waals surface area contributed by atoms with Crippen LogP contribution in [0.3, 0.4) is 0 Å². The Morgan fingerprint density at radius 1 is 1.24 bits per heavy atom. The highest BCUT2D eigenvalue weighted by Crippen LogP contribution is 2.24. The van der Waals surface area contributed by atoms with Crippen molar-refractivity contribution in [1.82, 2.24) is 5.32 Å². The number of hydrogen-bond acceptors (Lipinski definition) is 3. The average molecular weight is 343 g/mol. The zero-order chi connectivity index (χ0) is 18.1. The molecule has 0 bridgehead atoms. The lowest BCUT2D eigenvalue weighted by atomic mass is 9.90. The van der Waals surface area contributed by atoms with Gasteiger partial charge in [-0.1, -0.05) is 37.2 Å². The van der Waals surface area contributed by atoms with Crippen LogP contribution in [-0.4, -0.2) is 24.8 Å². The van der Waals surface area contributed by atoms with Crippen LogP contribution in [-0.2, 0) is 4.74 Å². The van der Waals surface area contributed by atoms with Gasteiger partial charge in [0.1, 0.15) is 5.75 Å². The molecule has 1 aromatic carbocycles. The average Bonchev–Trinajstić information content (AvgIpc) is 2.57. The van der Waals surface area contributed by atoms with Crippen molar-refractivity contribution < 1.29 is 14.3 Å². The van der Waals surface area contributed by atoms with Gasteiger partial charge in [-0.15, -0.1) is 0 Å². The van der Waals surface area contributed by atoms with Crippen LogP contribution in [0.4, 0.5) is 4.79 Å². The molecular weight excluding hydrogens is 314 g/mol. The monoisotopic (exact) mass is 343 g/mol. The van der Waals surface area contributed by atoms with Gasteiger partial charge in [-0.2, -0.15) is 0 Å². The zero-order valence-electron chi connectivity index (χ0n) is 15.6. The summed E-state index contributed by atoms with van der Waals surface area (Å²) in [5.41, 5.74) is 0.551. The normalized spacial score (nSPS) is 15.0. The summed E-state index contributed by atoms with van der Waals surface area (Å²) in [5, 5.41) is 2.73. The van der Waals surface area contributed by atoms with Gasteiger partial charge >= 0.3 is 6.09 Å². The van der Waals surface area contributed by atoms with Crippen molar-refractivity contribution in [2.45, 2.75) is 58.4 Å². The van der Waals surface area contributed by atoms with Crippen molar-refractivity contribution in [3.05, 3.63) is 29.8 Å². The van der Waals surface area contributed by atoms with Gasteiger partial charge in [0, 0.05) is 11.1 Å². The van der Waals surface area contributed by atoms with Gasteiger partial charge in [-0.25, -0.2) is 4.79 Å². The van der Waals surface area contributed by atoms with Crippen molar-refractivity contribution in [3.8, 4) is 17.6 Å². The van der Waals surface area contributed by atoms with Gasteiger partial charge in [0.25, 0.3) is 0 Å². The maximum absolute atomic E-state index is 11.5. The fourth-order valence-electron chi connectivity index (χ4n) is 2.81. The lowest BCUT2D eigenvalue weighted by Gasteiger charge is -2.21. The SMILES string of the molecule is CC(C)(C)NC(=O)OCC#Cc1cccc(OCC2CCCCC2)c1. The third-order valence-corrected chi connectivity index (χ3v) is 4.03. The van der Waals surface area contributed by atoms with Crippen molar-refractivity contribution in [3.63, 3.8) is 0 Å². The molecular formula is C21H29NO3. The van der Waals surface area contributed by atoms with Crippen LogP contribution in [0, 0.1) is 17.8 Å². The molecule has 2 rings (SSSR count). The molecule has 4 heteroatoms. The van der Waals surface area contributed by atoms with E-state index in [1.54, 1.807) is 0 Å². The standard InChI is InChI=1S/C21H29NO3/c1-21(2,3)22-20(23)24-14-8-12-17-11-7-13-19(15-17)25-16-18-9-5-4-6-10-18/h7,11,13,15,18H,4-6,9-10,14,16H2,1-3H3,(H,22,23). The van der Waals surface area contributed by atoms with E-state index in [2.05, 4.69) is 17.2 Å². The first-order valence-corrected chi connectivity index (χ1v) is 9.09. The minimum atomic E-state index is -0.452. The van der Waals surface area contributed by atoms with Crippen LogP contribution in [0.1, 0.15) is 58.4 Å². The lowest BCUT2D eigenvalue weighted by molar-refractivity contribution is 0.151. The maximum atomic E-state index is 11.5. The second-order valence-electron chi connectivity index (χ2n) is 7.60. The summed E-state index contributed by atoms with van der Waals surface area (Å²) in [6.07, 6.45) is 6.09. The van der Waals surface area contributed by atoms with Crippen molar-refractivity contribution in [2.24, 2.45) is 5.92 Å². The molecule has 1 aliphatic rings. The molecule has 1 fully saturated rings. The number of rotatable bonds is 4. The Morgan fingerprint density at radius 3 is 2.72 bits per heavy atom. The van der Waals surface area contributed by atoms with Crippen LogP contribution in [0.2, 0.25) is 0 Å². The summed E-state index contributed by atoms with van der Waals surface area (Å²) < 4.78 is 11.0. The van der Waals surface area contributed by atoms with E-state index < -0.39 is 6.09 Å². The molecule has 0 spiro atoms. The van der Waals surface area contributed by atoms with E-state index in [4.69, 9.17) is 9.47 Å². The first kappa shape index (κ1) is 19.2. The van der Waals surface area contributed by atoms with Crippen molar-refractivity contribution >= 4 is 6.09 Å². The maximum Gasteiger partial charge on any atom is 0.408 e. The molecule has 0 atom stereocenters. The molecule has 1 amide bonds. The molecule has 1 saturated carbocycles. The van der Waals surface area contributed by atoms with E-state index in [0.29, 0.717) is 5.92 Å². The van der Waals surface area contributed by atoms with Crippen LogP contribution in [0.15, 0.2) is 24.3 Å². The van der Waals surface area contributed by atoms with Crippen molar-refractivity contribution in [2.75, 3.05) is 13.2 Å². The smallest absolute Gasteiger partial charge is 0.408 e. The highest BCUT2D eigenvalue weighted by atomic mass is 16.5. The van der Waals surface area contributed by atoms with Gasteiger partial charge < -0.3 is 14.8 Å². The lowest BCUT2D eigenvalue weighted by Crippen LogP contribution is -2.40. The van der Waals surface area contributed by atoms with E-state index in [9.17, 15) is 4.79 Å². The number of hydrogen-bond donors (Lipinski definition) is 1. The molecule has 136 valence electrons. The summed E-state index contributed by atoms with van der Waals surface area (Å²) >= 11 is 0. The molecule has 1 aliphatic carbocycles. The second kappa shape index (κ2) is 9.36. The molecule has 1 aromatic rings. The number of carbonyl (C=O) groups excluding carboxylic acids is 1. The van der Waals surface area contributed by atoms with Crippen LogP contribution in [0.25, 0.3) is 0 Å². The number of ether oxygens (including phenoxy) is 2. The Hall–Kier alpha value is -2.15. The van der Waals surface area contributed by atoms with E-state index >= 15 is 0 Å². The minimum Gasteiger partial charge on any atom is -0.493 e. The van der Waals surface area contributed by atoms with Crippen molar-refractivity contribution in [1.29, 1.82) is 0 Å². The third kappa shape index (κ3) is 7.98. The van der Waals surface area contributed by atoms with Gasteiger partial charge in [-0.05, 0) is 57.7 Å². The largest absolute Gasteiger partial charge is 0.493 e. The first-order chi connectivity index (χ1) is 11.9. The Morgan fingerprint density at radius 2 is 2.00 bits per heavy atom. The van der Waals surface area contributed by atoms with Crippen LogP contribution < -0.4 is 10.1 Å². The third-order valence-electron chi connectivity index (χ3n) is 4.03. The molecule has 0 aromatic heterocycles. The van der Waals surface area contributed by atoms with E-state index in [0.717, 1.165) is 17.9 Å². The Balaban J connectivity index is 1.78. The molecule has 0 aliphatic heterocycles. The van der Waals surface area contributed by atoms with Crippen LogP contribution in [0.5, 0.6) is 5.75 Å². The van der Waals surface area contributed by atoms with Gasteiger partial charge in [0.2, 0.25) is 0 Å². The topological polar surface area (TPSA) is 47.6 Å². The first-order valence-electron chi connectivity index (χ1n) is 9.09. The highest BCUT2D eigenvalue weighted by Gasteiger charge is 2.14. The number of nitrogens with one attached hydrogen (secondary N) is 1. The molecule has 1 N–H and O–H groups in total. The molecule has 0 radical (unpaired) electrons. The fourth-order valence-corrected chi connectivity index (χ4v) is 2.81. The van der Waals surface area contributed by atoms with E-state index in [-0.39, 0.29) is 12.1 Å². The summed E-state index contributed by atoms with van der Waals surface area (Å²) in [7, 11) is 0. The molecule has 0 unspecified atom stereocenters. The quantitative estimate of drug-likeness (QED) is 0.818. The Labute approximate surface area is 151 Å². The van der Waals surface area contributed by atoms with Gasteiger partial charge in [-0.3, -0.25) is 0 Å². The number of benzene rings is 1. The second-order valence-corrected chi connectivity index (χ2v) is 7.60. The summed E-state index contributed by atoms with van der Waals surface area (Å²) in [6.45, 7) is 6.55. The molecule has 0 heterocycles. The summed E-state index contributed by atoms with van der Waals surface area (Å²) in [5.74, 6) is 7.40. The number of amides is 1. The zero-order valence-corrected chi connectivity index (χ0v) is 15.6. The molecule has 25 heavy (non-hydrogen) atoms.